The third-order valence-corrected chi connectivity index (χ3v) is 3.35. The number of hydrogen-bond acceptors (Lipinski definition) is 3. The molecule has 0 aliphatic rings. The fourth-order valence-corrected chi connectivity index (χ4v) is 1.99. The molecule has 1 aromatic heterocycles. The first kappa shape index (κ1) is 13.5. The van der Waals surface area contributed by atoms with Crippen LogP contribution in [0.15, 0.2) is 42.7 Å². The second-order valence-electron chi connectivity index (χ2n) is 5.35. The molecule has 0 atom stereocenters. The van der Waals surface area contributed by atoms with Gasteiger partial charge in [0.05, 0.1) is 0 Å². The van der Waals surface area contributed by atoms with E-state index in [1.165, 1.54) is 5.56 Å². The van der Waals surface area contributed by atoms with Crippen LogP contribution in [-0.4, -0.2) is 16.5 Å². The van der Waals surface area contributed by atoms with E-state index in [2.05, 4.69) is 60.3 Å². The van der Waals surface area contributed by atoms with Crippen LogP contribution in [0.1, 0.15) is 32.0 Å². The van der Waals surface area contributed by atoms with Gasteiger partial charge in [0, 0.05) is 23.7 Å². The van der Waals surface area contributed by atoms with Crippen molar-refractivity contribution in [2.45, 2.75) is 32.6 Å². The summed E-state index contributed by atoms with van der Waals surface area (Å²) in [7, 11) is 0. The van der Waals surface area contributed by atoms with E-state index in [1.807, 2.05) is 12.1 Å². The van der Waals surface area contributed by atoms with Crippen LogP contribution >= 0.6 is 0 Å². The van der Waals surface area contributed by atoms with Gasteiger partial charge in [0.15, 0.2) is 0 Å². The number of hydrogen-bond donors (Lipinski definition) is 1. The van der Waals surface area contributed by atoms with Gasteiger partial charge in [-0.05, 0) is 12.0 Å². The zero-order valence-corrected chi connectivity index (χ0v) is 11.9. The normalized spacial score (nSPS) is 11.3. The van der Waals surface area contributed by atoms with Gasteiger partial charge in [-0.3, -0.25) is 0 Å². The van der Waals surface area contributed by atoms with E-state index in [0.29, 0.717) is 0 Å². The standard InChI is InChI=1S/C16H21N3/c1-4-14-10-15(19-12-18-14)17-11-16(2,3)13-8-6-5-7-9-13/h5-10,12H,4,11H2,1-3H3,(H,17,18,19). The Labute approximate surface area is 115 Å². The molecular formula is C16H21N3. The molecule has 0 fully saturated rings. The highest BCUT2D eigenvalue weighted by Gasteiger charge is 2.20. The Morgan fingerprint density at radius 2 is 1.84 bits per heavy atom. The van der Waals surface area contributed by atoms with E-state index in [9.17, 15) is 0 Å². The minimum atomic E-state index is 0.0680. The summed E-state index contributed by atoms with van der Waals surface area (Å²) in [5.74, 6) is 0.899. The van der Waals surface area contributed by atoms with Crippen LogP contribution in [0.2, 0.25) is 0 Å². The van der Waals surface area contributed by atoms with Crippen LogP contribution in [0.25, 0.3) is 0 Å². The highest BCUT2D eigenvalue weighted by Crippen LogP contribution is 2.23. The summed E-state index contributed by atoms with van der Waals surface area (Å²) in [6.07, 6.45) is 2.55. The van der Waals surface area contributed by atoms with E-state index < -0.39 is 0 Å². The quantitative estimate of drug-likeness (QED) is 0.889. The van der Waals surface area contributed by atoms with E-state index in [-0.39, 0.29) is 5.41 Å². The first-order chi connectivity index (χ1) is 9.12. The largest absolute Gasteiger partial charge is 0.369 e. The van der Waals surface area contributed by atoms with E-state index in [1.54, 1.807) is 6.33 Å². The first-order valence-corrected chi connectivity index (χ1v) is 6.72. The number of benzene rings is 1. The molecule has 0 unspecified atom stereocenters. The fraction of sp³-hybridized carbons (Fsp3) is 0.375. The molecule has 0 radical (unpaired) electrons. The molecule has 0 bridgehead atoms. The number of rotatable bonds is 5. The molecule has 0 aliphatic heterocycles. The third-order valence-electron chi connectivity index (χ3n) is 3.35. The van der Waals surface area contributed by atoms with Crippen LogP contribution in [0.3, 0.4) is 0 Å². The van der Waals surface area contributed by atoms with Gasteiger partial charge in [-0.15, -0.1) is 0 Å². The lowest BCUT2D eigenvalue weighted by Crippen LogP contribution is -2.27. The molecule has 0 spiro atoms. The van der Waals surface area contributed by atoms with Gasteiger partial charge < -0.3 is 5.32 Å². The zero-order chi connectivity index (χ0) is 13.7. The van der Waals surface area contributed by atoms with Crippen molar-refractivity contribution in [1.82, 2.24) is 9.97 Å². The van der Waals surface area contributed by atoms with Gasteiger partial charge in [0.25, 0.3) is 0 Å². The topological polar surface area (TPSA) is 37.8 Å². The highest BCUT2D eigenvalue weighted by atomic mass is 15.0. The molecular weight excluding hydrogens is 234 g/mol. The van der Waals surface area contributed by atoms with Gasteiger partial charge >= 0.3 is 0 Å². The number of nitrogens with one attached hydrogen (secondary N) is 1. The van der Waals surface area contributed by atoms with Crippen molar-refractivity contribution in [1.29, 1.82) is 0 Å². The summed E-state index contributed by atoms with van der Waals surface area (Å²) in [6, 6.07) is 12.6. The molecule has 1 heterocycles. The maximum Gasteiger partial charge on any atom is 0.129 e. The van der Waals surface area contributed by atoms with Gasteiger partial charge in [0.2, 0.25) is 0 Å². The van der Waals surface area contributed by atoms with Crippen molar-refractivity contribution < 1.29 is 0 Å². The summed E-state index contributed by atoms with van der Waals surface area (Å²) < 4.78 is 0. The monoisotopic (exact) mass is 255 g/mol. The maximum atomic E-state index is 4.26. The molecule has 1 aromatic carbocycles. The summed E-state index contributed by atoms with van der Waals surface area (Å²) in [5, 5.41) is 3.41. The maximum absolute atomic E-state index is 4.26. The van der Waals surface area contributed by atoms with Gasteiger partial charge in [0.1, 0.15) is 12.1 Å². The average molecular weight is 255 g/mol. The van der Waals surface area contributed by atoms with Gasteiger partial charge in [-0.25, -0.2) is 9.97 Å². The van der Waals surface area contributed by atoms with Crippen molar-refractivity contribution in [2.24, 2.45) is 0 Å². The van der Waals surface area contributed by atoms with E-state index >= 15 is 0 Å². The molecule has 100 valence electrons. The molecule has 19 heavy (non-hydrogen) atoms. The van der Waals surface area contributed by atoms with E-state index in [0.717, 1.165) is 24.5 Å². The summed E-state index contributed by atoms with van der Waals surface area (Å²) >= 11 is 0. The van der Waals surface area contributed by atoms with Crippen molar-refractivity contribution in [2.75, 3.05) is 11.9 Å². The molecule has 0 amide bonds. The number of anilines is 1. The molecule has 1 N–H and O–H groups in total. The van der Waals surface area contributed by atoms with Crippen molar-refractivity contribution in [3.05, 3.63) is 54.0 Å². The number of aryl methyl sites for hydroxylation is 1. The van der Waals surface area contributed by atoms with Crippen LogP contribution in [0.5, 0.6) is 0 Å². The van der Waals surface area contributed by atoms with Crippen molar-refractivity contribution >= 4 is 5.82 Å². The summed E-state index contributed by atoms with van der Waals surface area (Å²) in [5.41, 5.74) is 2.46. The molecule has 2 rings (SSSR count). The number of nitrogens with zero attached hydrogens (tertiary/aromatic N) is 2. The molecule has 3 heteroatoms. The Kier molecular flexibility index (Phi) is 4.15. The average Bonchev–Trinajstić information content (AvgIpc) is 2.46. The predicted octanol–water partition coefficient (Wildman–Crippen LogP) is 3.43. The molecule has 3 nitrogen and oxygen atoms in total. The Hall–Kier alpha value is -1.90. The van der Waals surface area contributed by atoms with Gasteiger partial charge in [-0.1, -0.05) is 51.1 Å². The Bertz CT molecular complexity index is 521. The SMILES string of the molecule is CCc1cc(NCC(C)(C)c2ccccc2)ncn1. The zero-order valence-electron chi connectivity index (χ0n) is 11.9. The van der Waals surface area contributed by atoms with Crippen molar-refractivity contribution in [3.63, 3.8) is 0 Å². The Morgan fingerprint density at radius 3 is 2.53 bits per heavy atom. The highest BCUT2D eigenvalue weighted by molar-refractivity contribution is 5.37. The Balaban J connectivity index is 2.05. The van der Waals surface area contributed by atoms with E-state index in [4.69, 9.17) is 0 Å². The molecule has 2 aromatic rings. The summed E-state index contributed by atoms with van der Waals surface area (Å²) in [4.78, 5) is 8.47. The van der Waals surface area contributed by atoms with Gasteiger partial charge in [-0.2, -0.15) is 0 Å². The lowest BCUT2D eigenvalue weighted by Gasteiger charge is -2.26. The third kappa shape index (κ3) is 3.53. The van der Waals surface area contributed by atoms with Crippen LogP contribution in [0, 0.1) is 0 Å². The smallest absolute Gasteiger partial charge is 0.129 e. The second kappa shape index (κ2) is 5.83. The first-order valence-electron chi connectivity index (χ1n) is 6.72. The lowest BCUT2D eigenvalue weighted by molar-refractivity contribution is 0.556. The van der Waals surface area contributed by atoms with Crippen LogP contribution in [0.4, 0.5) is 5.82 Å². The van der Waals surface area contributed by atoms with Crippen LogP contribution < -0.4 is 5.32 Å². The van der Waals surface area contributed by atoms with Crippen molar-refractivity contribution in [3.8, 4) is 0 Å². The Morgan fingerprint density at radius 1 is 1.11 bits per heavy atom. The molecule has 0 aliphatic carbocycles. The molecule has 0 saturated carbocycles. The predicted molar refractivity (Wildman–Crippen MR) is 79.4 cm³/mol. The minimum absolute atomic E-state index is 0.0680. The minimum Gasteiger partial charge on any atom is -0.369 e. The number of aromatic nitrogens is 2. The molecule has 0 saturated heterocycles. The second-order valence-corrected chi connectivity index (χ2v) is 5.35. The summed E-state index contributed by atoms with van der Waals surface area (Å²) in [6.45, 7) is 7.41. The lowest BCUT2D eigenvalue weighted by atomic mass is 9.84. The fourth-order valence-electron chi connectivity index (χ4n) is 1.99. The van der Waals surface area contributed by atoms with Crippen LogP contribution in [-0.2, 0) is 11.8 Å².